The highest BCUT2D eigenvalue weighted by Crippen LogP contribution is 1.91. The van der Waals surface area contributed by atoms with E-state index in [0.717, 1.165) is 12.8 Å². The van der Waals surface area contributed by atoms with E-state index >= 15 is 0 Å². The molecule has 0 amide bonds. The molecule has 0 bridgehead atoms. The van der Waals surface area contributed by atoms with Crippen molar-refractivity contribution in [3.63, 3.8) is 0 Å². The summed E-state index contributed by atoms with van der Waals surface area (Å²) in [6, 6.07) is 0.712. The standard InChI is InChI=1S/C7H14NO/c1-6(2)4-8-7(3)5-9/h5-6,8H,4H2,1-3H3. The molecule has 53 valence electrons. The second-order valence-electron chi connectivity index (χ2n) is 2.58. The van der Waals surface area contributed by atoms with E-state index in [1.54, 1.807) is 6.92 Å². The molecule has 0 aliphatic heterocycles. The van der Waals surface area contributed by atoms with Crippen molar-refractivity contribution < 1.29 is 4.79 Å². The third-order valence-corrected chi connectivity index (χ3v) is 0.966. The third-order valence-electron chi connectivity index (χ3n) is 0.966. The fourth-order valence-corrected chi connectivity index (χ4v) is 0.407. The maximum atomic E-state index is 10.0. The first-order valence-corrected chi connectivity index (χ1v) is 3.19. The molecule has 2 nitrogen and oxygen atoms in total. The molecule has 1 radical (unpaired) electrons. The fraction of sp³-hybridized carbons (Fsp3) is 0.714. The minimum Gasteiger partial charge on any atom is -0.303 e. The van der Waals surface area contributed by atoms with Crippen LogP contribution in [-0.2, 0) is 4.79 Å². The Morgan fingerprint density at radius 3 is 2.56 bits per heavy atom. The van der Waals surface area contributed by atoms with Crippen LogP contribution in [0.3, 0.4) is 0 Å². The van der Waals surface area contributed by atoms with E-state index in [9.17, 15) is 4.79 Å². The van der Waals surface area contributed by atoms with E-state index in [-0.39, 0.29) is 0 Å². The predicted octanol–water partition coefficient (Wildman–Crippen LogP) is 0.983. The van der Waals surface area contributed by atoms with Gasteiger partial charge >= 0.3 is 0 Å². The van der Waals surface area contributed by atoms with Crippen molar-refractivity contribution in [3.8, 4) is 0 Å². The Morgan fingerprint density at radius 1 is 1.67 bits per heavy atom. The molecule has 0 saturated carbocycles. The van der Waals surface area contributed by atoms with Crippen molar-refractivity contribution in [2.45, 2.75) is 20.8 Å². The summed E-state index contributed by atoms with van der Waals surface area (Å²) in [5, 5.41) is 2.98. The topological polar surface area (TPSA) is 29.1 Å². The molecule has 0 aliphatic rings. The van der Waals surface area contributed by atoms with Crippen LogP contribution in [-0.4, -0.2) is 12.8 Å². The molecule has 0 unspecified atom stereocenters. The van der Waals surface area contributed by atoms with Gasteiger partial charge in [0.1, 0.15) is 6.29 Å². The van der Waals surface area contributed by atoms with E-state index in [0.29, 0.717) is 12.0 Å². The molecule has 9 heavy (non-hydrogen) atoms. The van der Waals surface area contributed by atoms with Gasteiger partial charge in [0.2, 0.25) is 0 Å². The van der Waals surface area contributed by atoms with Crippen LogP contribution in [0, 0.1) is 12.0 Å². The Hall–Kier alpha value is -0.370. The molecule has 0 heterocycles. The zero-order chi connectivity index (χ0) is 7.28. The van der Waals surface area contributed by atoms with Crippen molar-refractivity contribution in [1.29, 1.82) is 0 Å². The minimum atomic E-state index is 0.597. The highest BCUT2D eigenvalue weighted by molar-refractivity contribution is 5.66. The number of hydrogen-bond donors (Lipinski definition) is 1. The van der Waals surface area contributed by atoms with Crippen LogP contribution in [0.5, 0.6) is 0 Å². The first-order chi connectivity index (χ1) is 4.16. The summed E-state index contributed by atoms with van der Waals surface area (Å²) >= 11 is 0. The lowest BCUT2D eigenvalue weighted by atomic mass is 10.2. The first-order valence-electron chi connectivity index (χ1n) is 3.19. The minimum absolute atomic E-state index is 0.597. The second kappa shape index (κ2) is 4.50. The summed E-state index contributed by atoms with van der Waals surface area (Å²) < 4.78 is 0. The van der Waals surface area contributed by atoms with Gasteiger partial charge in [0, 0.05) is 0 Å². The SMILES string of the molecule is C[C](C=O)NCC(C)C. The lowest BCUT2D eigenvalue weighted by molar-refractivity contribution is -0.106. The van der Waals surface area contributed by atoms with E-state index in [1.807, 2.05) is 0 Å². The normalized spacial score (nSPS) is 10.8. The Kier molecular flexibility index (Phi) is 4.32. The largest absolute Gasteiger partial charge is 0.303 e. The van der Waals surface area contributed by atoms with Crippen LogP contribution in [0.1, 0.15) is 20.8 Å². The molecular formula is C7H14NO. The van der Waals surface area contributed by atoms with Crippen molar-refractivity contribution in [2.75, 3.05) is 6.54 Å². The number of nitrogens with one attached hydrogen (secondary N) is 1. The van der Waals surface area contributed by atoms with Gasteiger partial charge in [0.15, 0.2) is 0 Å². The Bertz CT molecular complexity index is 81.0. The Labute approximate surface area is 56.6 Å². The van der Waals surface area contributed by atoms with Crippen LogP contribution in [0.25, 0.3) is 0 Å². The van der Waals surface area contributed by atoms with Crippen molar-refractivity contribution in [1.82, 2.24) is 5.32 Å². The molecule has 0 rings (SSSR count). The van der Waals surface area contributed by atoms with Gasteiger partial charge in [-0.05, 0) is 19.4 Å². The van der Waals surface area contributed by atoms with Gasteiger partial charge in [-0.3, -0.25) is 0 Å². The highest BCUT2D eigenvalue weighted by Gasteiger charge is 1.98. The van der Waals surface area contributed by atoms with Crippen molar-refractivity contribution >= 4 is 6.29 Å². The van der Waals surface area contributed by atoms with Gasteiger partial charge < -0.3 is 10.1 Å². The van der Waals surface area contributed by atoms with Crippen LogP contribution in [0.4, 0.5) is 0 Å². The molecule has 0 aromatic rings. The van der Waals surface area contributed by atoms with Gasteiger partial charge in [-0.25, -0.2) is 0 Å². The zero-order valence-electron chi connectivity index (χ0n) is 6.27. The van der Waals surface area contributed by atoms with Gasteiger partial charge in [-0.15, -0.1) is 0 Å². The van der Waals surface area contributed by atoms with E-state index in [4.69, 9.17) is 0 Å². The third kappa shape index (κ3) is 5.50. The summed E-state index contributed by atoms with van der Waals surface area (Å²) in [6.07, 6.45) is 0.836. The number of carbonyl (C=O) groups excluding carboxylic acids is 1. The summed E-state index contributed by atoms with van der Waals surface area (Å²) in [7, 11) is 0. The summed E-state index contributed by atoms with van der Waals surface area (Å²) in [5.74, 6) is 0.597. The van der Waals surface area contributed by atoms with E-state index in [2.05, 4.69) is 19.2 Å². The van der Waals surface area contributed by atoms with Gasteiger partial charge in [-0.2, -0.15) is 0 Å². The maximum Gasteiger partial charge on any atom is 0.142 e. The summed E-state index contributed by atoms with van der Waals surface area (Å²) in [5.41, 5.74) is 0. The lowest BCUT2D eigenvalue weighted by Gasteiger charge is -2.07. The predicted molar refractivity (Wildman–Crippen MR) is 37.8 cm³/mol. The molecule has 0 aromatic carbocycles. The quantitative estimate of drug-likeness (QED) is 0.572. The van der Waals surface area contributed by atoms with E-state index in [1.165, 1.54) is 0 Å². The Morgan fingerprint density at radius 2 is 2.22 bits per heavy atom. The Balaban J connectivity index is 3.16. The fourth-order valence-electron chi connectivity index (χ4n) is 0.407. The number of hydrogen-bond acceptors (Lipinski definition) is 2. The van der Waals surface area contributed by atoms with Crippen LogP contribution in [0.15, 0.2) is 0 Å². The highest BCUT2D eigenvalue weighted by atomic mass is 16.1. The monoisotopic (exact) mass is 128 g/mol. The van der Waals surface area contributed by atoms with Gasteiger partial charge in [-0.1, -0.05) is 13.8 Å². The molecule has 0 fully saturated rings. The average molecular weight is 128 g/mol. The van der Waals surface area contributed by atoms with Crippen LogP contribution >= 0.6 is 0 Å². The second-order valence-corrected chi connectivity index (χ2v) is 2.58. The van der Waals surface area contributed by atoms with Crippen LogP contribution < -0.4 is 5.32 Å². The molecule has 2 heteroatoms. The number of carbonyl (C=O) groups is 1. The molecule has 0 aliphatic carbocycles. The smallest absolute Gasteiger partial charge is 0.142 e. The van der Waals surface area contributed by atoms with Crippen molar-refractivity contribution in [3.05, 3.63) is 6.04 Å². The summed E-state index contributed by atoms with van der Waals surface area (Å²) in [4.78, 5) is 10.0. The van der Waals surface area contributed by atoms with E-state index < -0.39 is 0 Å². The molecule has 0 aromatic heterocycles. The lowest BCUT2D eigenvalue weighted by Crippen LogP contribution is -2.23. The number of aldehydes is 1. The zero-order valence-corrected chi connectivity index (χ0v) is 6.27. The summed E-state index contributed by atoms with van der Waals surface area (Å²) in [6.45, 7) is 6.86. The van der Waals surface area contributed by atoms with Gasteiger partial charge in [0.05, 0.1) is 6.04 Å². The number of rotatable bonds is 4. The molecule has 1 N–H and O–H groups in total. The average Bonchev–Trinajstić information content (AvgIpc) is 1.83. The maximum absolute atomic E-state index is 10.0. The van der Waals surface area contributed by atoms with Gasteiger partial charge in [0.25, 0.3) is 0 Å². The molecule has 0 spiro atoms. The first kappa shape index (κ1) is 8.63. The molecule has 0 saturated heterocycles. The molecule has 0 atom stereocenters. The molecular weight excluding hydrogens is 114 g/mol. The van der Waals surface area contributed by atoms with Crippen LogP contribution in [0.2, 0.25) is 0 Å². The van der Waals surface area contributed by atoms with Crippen molar-refractivity contribution in [2.24, 2.45) is 5.92 Å².